The molecule has 0 saturated heterocycles. The van der Waals surface area contributed by atoms with Crippen LogP contribution < -0.4 is 0 Å². The molecule has 1 aromatic heterocycles. The van der Waals surface area contributed by atoms with E-state index in [9.17, 15) is 0 Å². The van der Waals surface area contributed by atoms with Crippen LogP contribution in [0, 0.1) is 0 Å². The minimum Gasteiger partial charge on any atom is -0.256 e. The molecule has 1 aliphatic rings. The largest absolute Gasteiger partial charge is 0.256 e. The number of rotatable bonds is 3. The van der Waals surface area contributed by atoms with Crippen molar-refractivity contribution in [2.45, 2.75) is 31.6 Å². The van der Waals surface area contributed by atoms with Gasteiger partial charge in [-0.25, -0.2) is 0 Å². The highest BCUT2D eigenvalue weighted by atomic mass is 14.7. The molecular weight excluding hydrogens is 278 g/mol. The van der Waals surface area contributed by atoms with Crippen LogP contribution in [0.3, 0.4) is 0 Å². The molecule has 1 aliphatic carbocycles. The lowest BCUT2D eigenvalue weighted by atomic mass is 9.90. The molecule has 1 heteroatoms. The summed E-state index contributed by atoms with van der Waals surface area (Å²) < 4.78 is 0. The average Bonchev–Trinajstić information content (AvgIpc) is 3.17. The van der Waals surface area contributed by atoms with E-state index in [0.29, 0.717) is 5.92 Å². The van der Waals surface area contributed by atoms with Crippen LogP contribution in [0.2, 0.25) is 0 Å². The fourth-order valence-electron chi connectivity index (χ4n) is 3.66. The van der Waals surface area contributed by atoms with Gasteiger partial charge in [-0.15, -0.1) is 0 Å². The minimum absolute atomic E-state index is 0.669. The van der Waals surface area contributed by atoms with Gasteiger partial charge in [0.15, 0.2) is 0 Å². The van der Waals surface area contributed by atoms with Gasteiger partial charge in [0.1, 0.15) is 0 Å². The molecule has 1 heterocycles. The van der Waals surface area contributed by atoms with E-state index in [2.05, 4.69) is 72.9 Å². The molecule has 2 aromatic carbocycles. The van der Waals surface area contributed by atoms with Crippen molar-refractivity contribution in [1.29, 1.82) is 0 Å². The van der Waals surface area contributed by atoms with Gasteiger partial charge in [0, 0.05) is 11.8 Å². The Morgan fingerprint density at radius 1 is 0.739 bits per heavy atom. The summed E-state index contributed by atoms with van der Waals surface area (Å²) in [6.07, 6.45) is 7.41. The maximum Gasteiger partial charge on any atom is 0.0708 e. The molecule has 114 valence electrons. The van der Waals surface area contributed by atoms with E-state index in [1.807, 2.05) is 0 Å². The lowest BCUT2D eigenvalue weighted by Crippen LogP contribution is -1.98. The fraction of sp³-hybridized carbons (Fsp3) is 0.227. The monoisotopic (exact) mass is 299 g/mol. The van der Waals surface area contributed by atoms with Crippen LogP contribution in [0.5, 0.6) is 0 Å². The molecule has 3 aromatic rings. The average molecular weight is 299 g/mol. The van der Waals surface area contributed by atoms with Crippen molar-refractivity contribution in [1.82, 2.24) is 4.98 Å². The summed E-state index contributed by atoms with van der Waals surface area (Å²) in [6, 6.07) is 23.5. The van der Waals surface area contributed by atoms with E-state index in [1.165, 1.54) is 47.9 Å². The highest BCUT2D eigenvalue weighted by Crippen LogP contribution is 2.40. The zero-order valence-corrected chi connectivity index (χ0v) is 13.3. The molecule has 1 nitrogen and oxygen atoms in total. The summed E-state index contributed by atoms with van der Waals surface area (Å²) in [4.78, 5) is 4.78. The molecule has 0 amide bonds. The Balaban J connectivity index is 1.84. The summed E-state index contributed by atoms with van der Waals surface area (Å²) in [5.41, 5.74) is 6.32. The van der Waals surface area contributed by atoms with Crippen LogP contribution in [0.4, 0.5) is 0 Å². The molecule has 0 unspecified atom stereocenters. The Kier molecular flexibility index (Phi) is 3.94. The van der Waals surface area contributed by atoms with Crippen molar-refractivity contribution >= 4 is 0 Å². The van der Waals surface area contributed by atoms with Crippen molar-refractivity contribution < 1.29 is 0 Å². The maximum atomic E-state index is 4.78. The van der Waals surface area contributed by atoms with Crippen LogP contribution in [-0.2, 0) is 0 Å². The van der Waals surface area contributed by atoms with Crippen molar-refractivity contribution in [3.8, 4) is 22.4 Å². The third-order valence-corrected chi connectivity index (χ3v) is 4.88. The van der Waals surface area contributed by atoms with Crippen molar-refractivity contribution in [2.24, 2.45) is 0 Å². The van der Waals surface area contributed by atoms with Crippen molar-refractivity contribution in [3.63, 3.8) is 0 Å². The summed E-state index contributed by atoms with van der Waals surface area (Å²) >= 11 is 0. The summed E-state index contributed by atoms with van der Waals surface area (Å²) in [5, 5.41) is 0. The lowest BCUT2D eigenvalue weighted by molar-refractivity contribution is 0.721. The first-order valence-corrected chi connectivity index (χ1v) is 8.52. The first kappa shape index (κ1) is 14.2. The quantitative estimate of drug-likeness (QED) is 0.571. The maximum absolute atomic E-state index is 4.78. The predicted octanol–water partition coefficient (Wildman–Crippen LogP) is 6.07. The van der Waals surface area contributed by atoms with Gasteiger partial charge in [0.05, 0.1) is 5.69 Å². The van der Waals surface area contributed by atoms with Crippen LogP contribution >= 0.6 is 0 Å². The molecule has 0 N–H and O–H groups in total. The second-order valence-corrected chi connectivity index (χ2v) is 6.37. The Bertz CT molecular complexity index is 772. The normalized spacial score (nSPS) is 15.0. The molecule has 0 aliphatic heterocycles. The number of aromatic nitrogens is 1. The van der Waals surface area contributed by atoms with Gasteiger partial charge in [-0.3, -0.25) is 4.98 Å². The van der Waals surface area contributed by atoms with Gasteiger partial charge >= 0.3 is 0 Å². The van der Waals surface area contributed by atoms with E-state index < -0.39 is 0 Å². The highest BCUT2D eigenvalue weighted by molar-refractivity contribution is 5.73. The second-order valence-electron chi connectivity index (χ2n) is 6.37. The molecule has 0 atom stereocenters. The van der Waals surface area contributed by atoms with E-state index in [4.69, 9.17) is 4.98 Å². The SMILES string of the molecule is c1ccc(-c2cc(-c3ccccc3)c(C3CCCC3)cn2)cc1. The Hall–Kier alpha value is -2.41. The summed E-state index contributed by atoms with van der Waals surface area (Å²) in [5.74, 6) is 0.669. The van der Waals surface area contributed by atoms with Gasteiger partial charge in [-0.1, -0.05) is 73.5 Å². The first-order valence-electron chi connectivity index (χ1n) is 8.52. The van der Waals surface area contributed by atoms with E-state index >= 15 is 0 Å². The lowest BCUT2D eigenvalue weighted by Gasteiger charge is -2.16. The molecule has 1 fully saturated rings. The zero-order valence-electron chi connectivity index (χ0n) is 13.3. The number of benzene rings is 2. The Labute approximate surface area is 138 Å². The van der Waals surface area contributed by atoms with E-state index in [1.54, 1.807) is 0 Å². The molecule has 0 spiro atoms. The van der Waals surface area contributed by atoms with Crippen LogP contribution in [0.25, 0.3) is 22.4 Å². The van der Waals surface area contributed by atoms with Gasteiger partial charge in [0.2, 0.25) is 0 Å². The second kappa shape index (κ2) is 6.37. The van der Waals surface area contributed by atoms with Gasteiger partial charge in [0.25, 0.3) is 0 Å². The predicted molar refractivity (Wildman–Crippen MR) is 96.3 cm³/mol. The fourth-order valence-corrected chi connectivity index (χ4v) is 3.66. The van der Waals surface area contributed by atoms with Gasteiger partial charge in [-0.2, -0.15) is 0 Å². The molecular formula is C22H21N. The van der Waals surface area contributed by atoms with Crippen molar-refractivity contribution in [2.75, 3.05) is 0 Å². The molecule has 0 bridgehead atoms. The van der Waals surface area contributed by atoms with Crippen LogP contribution in [0.15, 0.2) is 72.9 Å². The number of pyridine rings is 1. The minimum atomic E-state index is 0.669. The third kappa shape index (κ3) is 2.92. The first-order chi connectivity index (χ1) is 11.4. The van der Waals surface area contributed by atoms with E-state index in [-0.39, 0.29) is 0 Å². The standard InChI is InChI=1S/C22H21N/c1-3-9-17(10-4-1)20-15-22(19-13-5-2-6-14-19)23-16-21(20)18-11-7-8-12-18/h1-6,9-10,13-16,18H,7-8,11-12H2. The van der Waals surface area contributed by atoms with Crippen LogP contribution in [-0.4, -0.2) is 4.98 Å². The summed E-state index contributed by atoms with van der Waals surface area (Å²) in [6.45, 7) is 0. The number of hydrogen-bond donors (Lipinski definition) is 0. The zero-order chi connectivity index (χ0) is 15.5. The molecule has 4 rings (SSSR count). The van der Waals surface area contributed by atoms with Gasteiger partial charge < -0.3 is 0 Å². The number of hydrogen-bond acceptors (Lipinski definition) is 1. The molecule has 0 radical (unpaired) electrons. The number of nitrogens with zero attached hydrogens (tertiary/aromatic N) is 1. The van der Waals surface area contributed by atoms with Crippen LogP contribution in [0.1, 0.15) is 37.2 Å². The highest BCUT2D eigenvalue weighted by Gasteiger charge is 2.21. The third-order valence-electron chi connectivity index (χ3n) is 4.88. The molecule has 23 heavy (non-hydrogen) atoms. The topological polar surface area (TPSA) is 12.9 Å². The Morgan fingerprint density at radius 2 is 1.35 bits per heavy atom. The van der Waals surface area contributed by atoms with E-state index in [0.717, 1.165) is 5.69 Å². The smallest absolute Gasteiger partial charge is 0.0708 e. The van der Waals surface area contributed by atoms with Gasteiger partial charge in [-0.05, 0) is 41.5 Å². The Morgan fingerprint density at radius 3 is 2.00 bits per heavy atom. The summed E-state index contributed by atoms with van der Waals surface area (Å²) in [7, 11) is 0. The molecule has 1 saturated carbocycles. The van der Waals surface area contributed by atoms with Crippen molar-refractivity contribution in [3.05, 3.63) is 78.5 Å².